The largest absolute Gasteiger partial charge is 0.349 e. The summed E-state index contributed by atoms with van der Waals surface area (Å²) in [6, 6.07) is 0.903. The van der Waals surface area contributed by atoms with E-state index in [-0.39, 0.29) is 11.9 Å². The lowest BCUT2D eigenvalue weighted by Gasteiger charge is -2.29. The Labute approximate surface area is 114 Å². The van der Waals surface area contributed by atoms with E-state index in [0.717, 1.165) is 32.2 Å². The van der Waals surface area contributed by atoms with E-state index >= 15 is 0 Å². The number of amides is 1. The third-order valence-electron chi connectivity index (χ3n) is 3.57. The van der Waals surface area contributed by atoms with Gasteiger partial charge in [0, 0.05) is 24.5 Å². The average Bonchev–Trinajstić information content (AvgIpc) is 2.47. The molecule has 1 amide bonds. The van der Waals surface area contributed by atoms with Crippen LogP contribution >= 0.6 is 0 Å². The van der Waals surface area contributed by atoms with Crippen molar-refractivity contribution in [1.29, 1.82) is 0 Å². The minimum Gasteiger partial charge on any atom is -0.349 e. The molecule has 0 radical (unpaired) electrons. The zero-order valence-corrected chi connectivity index (χ0v) is 11.4. The maximum Gasteiger partial charge on any atom is 0.254 e. The van der Waals surface area contributed by atoms with Gasteiger partial charge in [-0.25, -0.2) is 9.97 Å². The number of rotatable bonds is 5. The molecule has 0 unspecified atom stereocenters. The molecule has 1 saturated carbocycles. The van der Waals surface area contributed by atoms with Crippen LogP contribution in [0.5, 0.6) is 0 Å². The molecule has 0 saturated heterocycles. The van der Waals surface area contributed by atoms with Crippen molar-refractivity contribution in [2.45, 2.75) is 51.1 Å². The van der Waals surface area contributed by atoms with Gasteiger partial charge in [-0.2, -0.15) is 0 Å². The first-order chi connectivity index (χ1) is 9.29. The lowest BCUT2D eigenvalue weighted by atomic mass is 9.91. The van der Waals surface area contributed by atoms with Gasteiger partial charge in [-0.1, -0.05) is 6.92 Å². The fourth-order valence-corrected chi connectivity index (χ4v) is 2.48. The monoisotopic (exact) mass is 262 g/mol. The van der Waals surface area contributed by atoms with Crippen molar-refractivity contribution in [2.75, 3.05) is 6.54 Å². The molecule has 1 aliphatic carbocycles. The van der Waals surface area contributed by atoms with Crippen LogP contribution in [0.2, 0.25) is 0 Å². The molecule has 1 heterocycles. The van der Waals surface area contributed by atoms with E-state index in [1.54, 1.807) is 12.4 Å². The summed E-state index contributed by atoms with van der Waals surface area (Å²) in [5.41, 5.74) is 0.536. The average molecular weight is 262 g/mol. The van der Waals surface area contributed by atoms with Crippen molar-refractivity contribution in [2.24, 2.45) is 0 Å². The van der Waals surface area contributed by atoms with Gasteiger partial charge < -0.3 is 10.6 Å². The highest BCUT2D eigenvalue weighted by Gasteiger charge is 2.22. The summed E-state index contributed by atoms with van der Waals surface area (Å²) >= 11 is 0. The van der Waals surface area contributed by atoms with Crippen LogP contribution < -0.4 is 10.6 Å². The summed E-state index contributed by atoms with van der Waals surface area (Å²) in [7, 11) is 0. The van der Waals surface area contributed by atoms with E-state index < -0.39 is 0 Å². The van der Waals surface area contributed by atoms with Crippen molar-refractivity contribution in [3.8, 4) is 0 Å². The molecule has 0 atom stereocenters. The van der Waals surface area contributed by atoms with Crippen molar-refractivity contribution in [3.63, 3.8) is 0 Å². The van der Waals surface area contributed by atoms with Gasteiger partial charge in [0.25, 0.3) is 5.91 Å². The summed E-state index contributed by atoms with van der Waals surface area (Å²) in [6.07, 6.45) is 10.1. The number of nitrogens with zero attached hydrogens (tertiary/aromatic N) is 2. The fourth-order valence-electron chi connectivity index (χ4n) is 2.48. The van der Waals surface area contributed by atoms with Crippen molar-refractivity contribution in [1.82, 2.24) is 20.6 Å². The lowest BCUT2D eigenvalue weighted by molar-refractivity contribution is 0.0923. The van der Waals surface area contributed by atoms with Crippen LogP contribution in [0, 0.1) is 0 Å². The second-order valence-electron chi connectivity index (χ2n) is 5.10. The lowest BCUT2D eigenvalue weighted by Crippen LogP contribution is -2.42. The van der Waals surface area contributed by atoms with Crippen LogP contribution in [-0.2, 0) is 0 Å². The molecule has 1 aromatic rings. The molecule has 0 spiro atoms. The van der Waals surface area contributed by atoms with Crippen LogP contribution in [0.1, 0.15) is 49.4 Å². The fraction of sp³-hybridized carbons (Fsp3) is 0.643. The molecule has 1 aromatic heterocycles. The molecule has 104 valence electrons. The Morgan fingerprint density at radius 2 is 1.84 bits per heavy atom. The number of carbonyl (C=O) groups is 1. The van der Waals surface area contributed by atoms with Crippen LogP contribution in [0.3, 0.4) is 0 Å². The second kappa shape index (κ2) is 7.19. The Bertz CT molecular complexity index is 388. The number of nitrogens with one attached hydrogen (secondary N) is 2. The van der Waals surface area contributed by atoms with Crippen molar-refractivity contribution in [3.05, 3.63) is 24.3 Å². The van der Waals surface area contributed by atoms with E-state index in [1.165, 1.54) is 12.7 Å². The molecule has 1 aliphatic rings. The summed E-state index contributed by atoms with van der Waals surface area (Å²) in [5, 5.41) is 6.61. The second-order valence-corrected chi connectivity index (χ2v) is 5.10. The highest BCUT2D eigenvalue weighted by molar-refractivity contribution is 5.93. The quantitative estimate of drug-likeness (QED) is 0.844. The Kier molecular flexibility index (Phi) is 5.27. The van der Waals surface area contributed by atoms with Crippen molar-refractivity contribution < 1.29 is 4.79 Å². The molecule has 5 heteroatoms. The normalized spacial score (nSPS) is 23.0. The number of hydrogen-bond acceptors (Lipinski definition) is 4. The molecular formula is C14H22N4O. The van der Waals surface area contributed by atoms with E-state index in [4.69, 9.17) is 0 Å². The van der Waals surface area contributed by atoms with Gasteiger partial charge >= 0.3 is 0 Å². The Morgan fingerprint density at radius 3 is 2.47 bits per heavy atom. The zero-order valence-electron chi connectivity index (χ0n) is 11.4. The van der Waals surface area contributed by atoms with Gasteiger partial charge in [-0.05, 0) is 38.6 Å². The summed E-state index contributed by atoms with van der Waals surface area (Å²) in [5.74, 6) is -0.0643. The van der Waals surface area contributed by atoms with E-state index in [9.17, 15) is 4.79 Å². The molecule has 0 aliphatic heterocycles. The van der Waals surface area contributed by atoms with Crippen molar-refractivity contribution >= 4 is 5.91 Å². The van der Waals surface area contributed by atoms with Crippen LogP contribution in [0.15, 0.2) is 18.7 Å². The van der Waals surface area contributed by atoms with E-state index in [0.29, 0.717) is 11.6 Å². The van der Waals surface area contributed by atoms with Crippen LogP contribution in [-0.4, -0.2) is 34.5 Å². The maximum atomic E-state index is 12.0. The zero-order chi connectivity index (χ0) is 13.5. The molecule has 0 aromatic carbocycles. The first-order valence-electron chi connectivity index (χ1n) is 7.09. The standard InChI is InChI=1S/C14H22N4O/c1-2-7-17-12-3-5-13(6-4-12)18-14(19)11-8-15-10-16-9-11/h8-10,12-13,17H,2-7H2,1H3,(H,18,19). The van der Waals surface area contributed by atoms with Gasteiger partial charge in [0.15, 0.2) is 0 Å². The van der Waals surface area contributed by atoms with Gasteiger partial charge in [-0.15, -0.1) is 0 Å². The highest BCUT2D eigenvalue weighted by atomic mass is 16.1. The Hall–Kier alpha value is -1.49. The first kappa shape index (κ1) is 13.9. The predicted octanol–water partition coefficient (Wildman–Crippen LogP) is 1.52. The van der Waals surface area contributed by atoms with Crippen LogP contribution in [0.4, 0.5) is 0 Å². The Balaban J connectivity index is 1.75. The van der Waals surface area contributed by atoms with Gasteiger partial charge in [-0.3, -0.25) is 4.79 Å². The smallest absolute Gasteiger partial charge is 0.254 e. The number of aromatic nitrogens is 2. The molecule has 1 fully saturated rings. The molecule has 2 N–H and O–H groups in total. The van der Waals surface area contributed by atoms with Gasteiger partial charge in [0.05, 0.1) is 5.56 Å². The highest BCUT2D eigenvalue weighted by Crippen LogP contribution is 2.19. The number of carbonyl (C=O) groups excluding carboxylic acids is 1. The Morgan fingerprint density at radius 1 is 1.21 bits per heavy atom. The SMILES string of the molecule is CCCNC1CCC(NC(=O)c2cncnc2)CC1. The molecular weight excluding hydrogens is 240 g/mol. The summed E-state index contributed by atoms with van der Waals surface area (Å²) in [6.45, 7) is 3.27. The summed E-state index contributed by atoms with van der Waals surface area (Å²) in [4.78, 5) is 19.7. The topological polar surface area (TPSA) is 66.9 Å². The van der Waals surface area contributed by atoms with Crippen LogP contribution in [0.25, 0.3) is 0 Å². The molecule has 0 bridgehead atoms. The molecule has 19 heavy (non-hydrogen) atoms. The first-order valence-corrected chi connectivity index (χ1v) is 7.09. The molecule has 5 nitrogen and oxygen atoms in total. The van der Waals surface area contributed by atoms with E-state index in [1.807, 2.05) is 0 Å². The van der Waals surface area contributed by atoms with Gasteiger partial charge in [0.2, 0.25) is 0 Å². The minimum atomic E-state index is -0.0643. The third kappa shape index (κ3) is 4.28. The third-order valence-corrected chi connectivity index (χ3v) is 3.57. The number of hydrogen-bond donors (Lipinski definition) is 2. The maximum absolute atomic E-state index is 12.0. The minimum absolute atomic E-state index is 0.0643. The summed E-state index contributed by atoms with van der Waals surface area (Å²) < 4.78 is 0. The van der Waals surface area contributed by atoms with E-state index in [2.05, 4.69) is 27.5 Å². The molecule has 2 rings (SSSR count). The predicted molar refractivity (Wildman–Crippen MR) is 73.8 cm³/mol. The van der Waals surface area contributed by atoms with Gasteiger partial charge in [0.1, 0.15) is 6.33 Å².